The lowest BCUT2D eigenvalue weighted by Crippen LogP contribution is -2.30. The van der Waals surface area contributed by atoms with E-state index in [1.807, 2.05) is 12.2 Å². The summed E-state index contributed by atoms with van der Waals surface area (Å²) in [5, 5.41) is 0. The molecule has 0 rings (SSSR count). The van der Waals surface area contributed by atoms with Crippen molar-refractivity contribution < 1.29 is 28.6 Å². The van der Waals surface area contributed by atoms with Crippen LogP contribution < -0.4 is 0 Å². The van der Waals surface area contributed by atoms with E-state index in [4.69, 9.17) is 14.2 Å². The first kappa shape index (κ1) is 44.1. The summed E-state index contributed by atoms with van der Waals surface area (Å²) in [6, 6.07) is 0. The van der Waals surface area contributed by atoms with Crippen LogP contribution in [0.25, 0.3) is 0 Å². The minimum absolute atomic E-state index is 0.101. The second-order valence-corrected chi connectivity index (χ2v) is 12.1. The fourth-order valence-electron chi connectivity index (χ4n) is 4.69. The summed E-state index contributed by atoms with van der Waals surface area (Å²) >= 11 is 0. The summed E-state index contributed by atoms with van der Waals surface area (Å²) in [6.07, 6.45) is 41.0. The van der Waals surface area contributed by atoms with Gasteiger partial charge in [-0.3, -0.25) is 14.4 Å². The summed E-state index contributed by atoms with van der Waals surface area (Å²) < 4.78 is 16.4. The Labute approximate surface area is 288 Å². The molecular formula is C41H68O6. The van der Waals surface area contributed by atoms with Gasteiger partial charge in [-0.15, -0.1) is 0 Å². The maximum absolute atomic E-state index is 12.6. The van der Waals surface area contributed by atoms with Gasteiger partial charge in [0.15, 0.2) is 6.10 Å². The predicted octanol–water partition coefficient (Wildman–Crippen LogP) is 11.4. The van der Waals surface area contributed by atoms with Crippen molar-refractivity contribution in [3.63, 3.8) is 0 Å². The van der Waals surface area contributed by atoms with Gasteiger partial charge in [-0.2, -0.15) is 0 Å². The molecule has 1 unspecified atom stereocenters. The van der Waals surface area contributed by atoms with Crippen LogP contribution in [0.1, 0.15) is 162 Å². The summed E-state index contributed by atoms with van der Waals surface area (Å²) in [4.78, 5) is 37.2. The molecule has 0 aromatic heterocycles. The van der Waals surface area contributed by atoms with Gasteiger partial charge in [0.25, 0.3) is 0 Å². The molecule has 6 heteroatoms. The smallest absolute Gasteiger partial charge is 0.306 e. The molecule has 0 heterocycles. The van der Waals surface area contributed by atoms with Gasteiger partial charge < -0.3 is 14.2 Å². The predicted molar refractivity (Wildman–Crippen MR) is 196 cm³/mol. The quantitative estimate of drug-likeness (QED) is 0.0310. The standard InChI is InChI=1S/C41H68O6/c1-4-7-10-13-16-18-20-21-22-24-25-28-31-34-40(43)46-37-38(36-45-39(42)33-30-27-15-12-9-6-3)47-41(44)35-32-29-26-23-19-17-14-11-8-5-2/h7,10-11,14,16,18,21-22,25,28,38H,4-6,8-9,12-13,15,17,19-20,23-24,26-27,29-37H2,1-3H3/b10-7-,14-11-,18-16-,22-21-,28-25-. The lowest BCUT2D eigenvalue weighted by Gasteiger charge is -2.18. The average molecular weight is 657 g/mol. The first-order valence-electron chi connectivity index (χ1n) is 18.8. The minimum Gasteiger partial charge on any atom is -0.462 e. The fraction of sp³-hybridized carbons (Fsp3) is 0.683. The van der Waals surface area contributed by atoms with Gasteiger partial charge in [0.05, 0.1) is 0 Å². The van der Waals surface area contributed by atoms with Crippen LogP contribution in [0, 0.1) is 0 Å². The summed E-state index contributed by atoms with van der Waals surface area (Å²) in [6.45, 7) is 6.28. The molecule has 0 aromatic rings. The zero-order valence-corrected chi connectivity index (χ0v) is 30.3. The molecule has 0 aliphatic rings. The van der Waals surface area contributed by atoms with Gasteiger partial charge in [0.1, 0.15) is 13.2 Å². The van der Waals surface area contributed by atoms with E-state index in [0.29, 0.717) is 19.3 Å². The van der Waals surface area contributed by atoms with Gasteiger partial charge in [-0.1, -0.05) is 139 Å². The molecular weight excluding hydrogens is 588 g/mol. The molecule has 0 fully saturated rings. The molecule has 0 saturated heterocycles. The number of carbonyl (C=O) groups is 3. The maximum atomic E-state index is 12.6. The van der Waals surface area contributed by atoms with E-state index in [-0.39, 0.29) is 37.5 Å². The van der Waals surface area contributed by atoms with Gasteiger partial charge in [-0.05, 0) is 64.2 Å². The number of unbranched alkanes of at least 4 members (excludes halogenated alkanes) is 11. The first-order chi connectivity index (χ1) is 23.0. The number of carbonyl (C=O) groups excluding carboxylic acids is 3. The second kappa shape index (κ2) is 36.0. The lowest BCUT2D eigenvalue weighted by molar-refractivity contribution is -0.166. The van der Waals surface area contributed by atoms with Gasteiger partial charge in [-0.25, -0.2) is 0 Å². The Hall–Kier alpha value is -2.89. The van der Waals surface area contributed by atoms with Crippen LogP contribution in [-0.2, 0) is 28.6 Å². The number of hydrogen-bond acceptors (Lipinski definition) is 6. The third-order valence-electron chi connectivity index (χ3n) is 7.50. The van der Waals surface area contributed by atoms with Crippen LogP contribution in [0.5, 0.6) is 0 Å². The largest absolute Gasteiger partial charge is 0.462 e. The molecule has 0 saturated carbocycles. The molecule has 6 nitrogen and oxygen atoms in total. The Kier molecular flexibility index (Phi) is 33.7. The molecule has 1 atom stereocenters. The molecule has 0 aliphatic carbocycles. The van der Waals surface area contributed by atoms with Crippen molar-refractivity contribution in [3.8, 4) is 0 Å². The molecule has 0 spiro atoms. The minimum atomic E-state index is -0.799. The summed E-state index contributed by atoms with van der Waals surface area (Å²) in [5.41, 5.74) is 0. The van der Waals surface area contributed by atoms with E-state index in [1.165, 1.54) is 32.1 Å². The normalized spacial score (nSPS) is 12.7. The van der Waals surface area contributed by atoms with E-state index >= 15 is 0 Å². The van der Waals surface area contributed by atoms with Gasteiger partial charge in [0, 0.05) is 19.3 Å². The Morgan fingerprint density at radius 1 is 0.447 bits per heavy atom. The van der Waals surface area contributed by atoms with E-state index in [2.05, 4.69) is 69.4 Å². The van der Waals surface area contributed by atoms with Crippen molar-refractivity contribution in [2.45, 2.75) is 168 Å². The molecule has 268 valence electrons. The van der Waals surface area contributed by atoms with Crippen LogP contribution in [0.2, 0.25) is 0 Å². The van der Waals surface area contributed by atoms with Crippen molar-refractivity contribution >= 4 is 17.9 Å². The highest BCUT2D eigenvalue weighted by Crippen LogP contribution is 2.11. The Bertz CT molecular complexity index is 898. The van der Waals surface area contributed by atoms with Crippen LogP contribution in [0.3, 0.4) is 0 Å². The summed E-state index contributed by atoms with van der Waals surface area (Å²) in [5.74, 6) is -1.02. The van der Waals surface area contributed by atoms with Crippen molar-refractivity contribution in [1.82, 2.24) is 0 Å². The topological polar surface area (TPSA) is 78.9 Å². The highest BCUT2D eigenvalue weighted by atomic mass is 16.6. The molecule has 0 amide bonds. The molecule has 0 aromatic carbocycles. The van der Waals surface area contributed by atoms with Crippen LogP contribution in [0.4, 0.5) is 0 Å². The van der Waals surface area contributed by atoms with E-state index in [0.717, 1.165) is 83.5 Å². The van der Waals surface area contributed by atoms with Gasteiger partial charge >= 0.3 is 17.9 Å². The van der Waals surface area contributed by atoms with Crippen LogP contribution in [-0.4, -0.2) is 37.2 Å². The zero-order valence-electron chi connectivity index (χ0n) is 30.3. The molecule has 0 N–H and O–H groups in total. The highest BCUT2D eigenvalue weighted by molar-refractivity contribution is 5.71. The van der Waals surface area contributed by atoms with E-state index in [9.17, 15) is 14.4 Å². The number of esters is 3. The molecule has 0 radical (unpaired) electrons. The Morgan fingerprint density at radius 2 is 0.915 bits per heavy atom. The SMILES string of the molecule is CC/C=C\C/C=C\C/C=C\C/C=C\CCC(=O)OCC(COC(=O)CCCCCCCC)OC(=O)CCCCCCC/C=C\CCC. The number of hydrogen-bond donors (Lipinski definition) is 0. The van der Waals surface area contributed by atoms with Crippen LogP contribution >= 0.6 is 0 Å². The van der Waals surface area contributed by atoms with Crippen molar-refractivity contribution in [1.29, 1.82) is 0 Å². The third-order valence-corrected chi connectivity index (χ3v) is 7.50. The Morgan fingerprint density at radius 3 is 1.51 bits per heavy atom. The highest BCUT2D eigenvalue weighted by Gasteiger charge is 2.19. The second-order valence-electron chi connectivity index (χ2n) is 12.1. The zero-order chi connectivity index (χ0) is 34.5. The molecule has 0 aliphatic heterocycles. The maximum Gasteiger partial charge on any atom is 0.306 e. The van der Waals surface area contributed by atoms with Crippen molar-refractivity contribution in [2.75, 3.05) is 13.2 Å². The van der Waals surface area contributed by atoms with Crippen molar-refractivity contribution in [3.05, 3.63) is 60.8 Å². The van der Waals surface area contributed by atoms with E-state index < -0.39 is 6.10 Å². The van der Waals surface area contributed by atoms with E-state index in [1.54, 1.807) is 0 Å². The number of allylic oxidation sites excluding steroid dienone is 10. The lowest BCUT2D eigenvalue weighted by atomic mass is 10.1. The summed E-state index contributed by atoms with van der Waals surface area (Å²) in [7, 11) is 0. The fourth-order valence-corrected chi connectivity index (χ4v) is 4.69. The van der Waals surface area contributed by atoms with Crippen LogP contribution in [0.15, 0.2) is 60.8 Å². The number of rotatable bonds is 32. The van der Waals surface area contributed by atoms with Crippen molar-refractivity contribution in [2.24, 2.45) is 0 Å². The third kappa shape index (κ3) is 34.3. The average Bonchev–Trinajstić information content (AvgIpc) is 3.06. The van der Waals surface area contributed by atoms with Gasteiger partial charge in [0.2, 0.25) is 0 Å². The molecule has 0 bridgehead atoms. The Balaban J connectivity index is 4.47. The molecule has 47 heavy (non-hydrogen) atoms. The first-order valence-corrected chi connectivity index (χ1v) is 18.8. The monoisotopic (exact) mass is 657 g/mol. The number of ether oxygens (including phenoxy) is 3.